The van der Waals surface area contributed by atoms with E-state index in [1.54, 1.807) is 0 Å². The summed E-state index contributed by atoms with van der Waals surface area (Å²) in [5, 5.41) is 0. The second-order valence-corrected chi connectivity index (χ2v) is 6.95. The minimum absolute atomic E-state index is 0.166. The molecule has 112 valence electrons. The molecule has 2 aromatic carbocycles. The molecule has 0 spiro atoms. The summed E-state index contributed by atoms with van der Waals surface area (Å²) in [7, 11) is 0. The molecule has 0 fully saturated rings. The van der Waals surface area contributed by atoms with Crippen molar-refractivity contribution in [2.75, 3.05) is 0 Å². The number of aromatic nitrogens is 1. The Hall–Kier alpha value is -2.28. The van der Waals surface area contributed by atoms with Crippen LogP contribution in [-0.2, 0) is 5.41 Å². The van der Waals surface area contributed by atoms with E-state index in [1.807, 2.05) is 0 Å². The maximum absolute atomic E-state index is 3.45. The van der Waals surface area contributed by atoms with E-state index in [4.69, 9.17) is 0 Å². The van der Waals surface area contributed by atoms with Gasteiger partial charge in [0, 0.05) is 17.5 Å². The summed E-state index contributed by atoms with van der Waals surface area (Å²) in [4.78, 5) is 3.45. The summed E-state index contributed by atoms with van der Waals surface area (Å²) >= 11 is 0. The Kier molecular flexibility index (Phi) is 3.66. The van der Waals surface area contributed by atoms with Crippen LogP contribution in [0.5, 0.6) is 0 Å². The van der Waals surface area contributed by atoms with E-state index in [-0.39, 0.29) is 5.41 Å². The SMILES string of the molecule is Cc1ccc(-c2ccccc2)cc1-c1cc(C(C)(C)C)c[nH]1. The highest BCUT2D eigenvalue weighted by molar-refractivity contribution is 5.74. The number of hydrogen-bond donors (Lipinski definition) is 1. The maximum atomic E-state index is 3.45. The number of aryl methyl sites for hydroxylation is 1. The number of aromatic amines is 1. The molecule has 1 heteroatoms. The summed E-state index contributed by atoms with van der Waals surface area (Å²) in [6.07, 6.45) is 2.13. The predicted octanol–water partition coefficient (Wildman–Crippen LogP) is 5.95. The average molecular weight is 289 g/mol. The topological polar surface area (TPSA) is 15.8 Å². The third-order valence-corrected chi connectivity index (χ3v) is 4.18. The fourth-order valence-electron chi connectivity index (χ4n) is 2.71. The van der Waals surface area contributed by atoms with E-state index in [0.29, 0.717) is 0 Å². The van der Waals surface area contributed by atoms with Gasteiger partial charge in [0.05, 0.1) is 0 Å². The highest BCUT2D eigenvalue weighted by Crippen LogP contribution is 2.31. The van der Waals surface area contributed by atoms with Crippen molar-refractivity contribution in [2.45, 2.75) is 33.1 Å². The minimum Gasteiger partial charge on any atom is -0.361 e. The van der Waals surface area contributed by atoms with Crippen LogP contribution >= 0.6 is 0 Å². The van der Waals surface area contributed by atoms with Crippen LogP contribution < -0.4 is 0 Å². The lowest BCUT2D eigenvalue weighted by atomic mass is 9.88. The van der Waals surface area contributed by atoms with Crippen molar-refractivity contribution in [3.05, 3.63) is 71.9 Å². The van der Waals surface area contributed by atoms with E-state index in [1.165, 1.54) is 33.5 Å². The third-order valence-electron chi connectivity index (χ3n) is 4.18. The van der Waals surface area contributed by atoms with Gasteiger partial charge in [-0.1, -0.05) is 63.2 Å². The Morgan fingerprint density at radius 2 is 1.55 bits per heavy atom. The highest BCUT2D eigenvalue weighted by atomic mass is 14.7. The molecule has 0 aliphatic heterocycles. The molecule has 3 rings (SSSR count). The second kappa shape index (κ2) is 5.49. The lowest BCUT2D eigenvalue weighted by Crippen LogP contribution is -2.09. The Morgan fingerprint density at radius 3 is 2.18 bits per heavy atom. The van der Waals surface area contributed by atoms with Crippen molar-refractivity contribution in [3.63, 3.8) is 0 Å². The summed E-state index contributed by atoms with van der Waals surface area (Å²) in [6, 6.07) is 19.5. The molecule has 0 aliphatic carbocycles. The first-order valence-corrected chi connectivity index (χ1v) is 7.80. The molecule has 1 N–H and O–H groups in total. The molecule has 0 aliphatic rings. The fraction of sp³-hybridized carbons (Fsp3) is 0.238. The van der Waals surface area contributed by atoms with Crippen LogP contribution in [0.3, 0.4) is 0 Å². The number of H-pyrrole nitrogens is 1. The van der Waals surface area contributed by atoms with Gasteiger partial charge in [0.15, 0.2) is 0 Å². The van der Waals surface area contributed by atoms with Crippen molar-refractivity contribution >= 4 is 0 Å². The van der Waals surface area contributed by atoms with Crippen LogP contribution in [0, 0.1) is 6.92 Å². The van der Waals surface area contributed by atoms with Crippen LogP contribution in [0.1, 0.15) is 31.9 Å². The summed E-state index contributed by atoms with van der Waals surface area (Å²) in [5.74, 6) is 0. The zero-order chi connectivity index (χ0) is 15.7. The van der Waals surface area contributed by atoms with E-state index in [0.717, 1.165) is 0 Å². The lowest BCUT2D eigenvalue weighted by molar-refractivity contribution is 0.591. The standard InChI is InChI=1S/C21H23N/c1-15-10-11-17(16-8-6-5-7-9-16)12-19(15)20-13-18(14-22-20)21(2,3)4/h5-14,22H,1-4H3. The summed E-state index contributed by atoms with van der Waals surface area (Å²) in [6.45, 7) is 8.90. The monoisotopic (exact) mass is 289 g/mol. The number of rotatable bonds is 2. The molecule has 22 heavy (non-hydrogen) atoms. The maximum Gasteiger partial charge on any atom is 0.0459 e. The Balaban J connectivity index is 2.06. The van der Waals surface area contributed by atoms with Gasteiger partial charge in [-0.2, -0.15) is 0 Å². The molecule has 0 saturated carbocycles. The number of nitrogens with one attached hydrogen (secondary N) is 1. The smallest absolute Gasteiger partial charge is 0.0459 e. The molecule has 0 radical (unpaired) electrons. The minimum atomic E-state index is 0.166. The number of hydrogen-bond acceptors (Lipinski definition) is 0. The zero-order valence-corrected chi connectivity index (χ0v) is 13.8. The quantitative estimate of drug-likeness (QED) is 0.599. The Morgan fingerprint density at radius 1 is 0.818 bits per heavy atom. The number of benzene rings is 2. The van der Waals surface area contributed by atoms with Gasteiger partial charge in [0.25, 0.3) is 0 Å². The van der Waals surface area contributed by atoms with Crippen molar-refractivity contribution in [1.82, 2.24) is 4.98 Å². The Labute approximate surface area is 133 Å². The van der Waals surface area contributed by atoms with E-state index < -0.39 is 0 Å². The highest BCUT2D eigenvalue weighted by Gasteiger charge is 2.16. The van der Waals surface area contributed by atoms with Crippen molar-refractivity contribution in [1.29, 1.82) is 0 Å². The first-order chi connectivity index (χ1) is 10.4. The van der Waals surface area contributed by atoms with Gasteiger partial charge in [-0.3, -0.25) is 0 Å². The first-order valence-electron chi connectivity index (χ1n) is 7.80. The molecule has 0 unspecified atom stereocenters. The van der Waals surface area contributed by atoms with E-state index in [9.17, 15) is 0 Å². The van der Waals surface area contributed by atoms with Crippen LogP contribution in [0.4, 0.5) is 0 Å². The van der Waals surface area contributed by atoms with Gasteiger partial charge in [0.2, 0.25) is 0 Å². The van der Waals surface area contributed by atoms with Gasteiger partial charge < -0.3 is 4.98 Å². The van der Waals surface area contributed by atoms with Gasteiger partial charge in [-0.25, -0.2) is 0 Å². The summed E-state index contributed by atoms with van der Waals surface area (Å²) in [5.41, 5.74) is 7.78. The summed E-state index contributed by atoms with van der Waals surface area (Å²) < 4.78 is 0. The van der Waals surface area contributed by atoms with Gasteiger partial charge in [-0.15, -0.1) is 0 Å². The van der Waals surface area contributed by atoms with Crippen LogP contribution in [0.2, 0.25) is 0 Å². The third kappa shape index (κ3) is 2.85. The fourth-order valence-corrected chi connectivity index (χ4v) is 2.71. The van der Waals surface area contributed by atoms with Gasteiger partial charge in [-0.05, 0) is 46.7 Å². The average Bonchev–Trinajstić information content (AvgIpc) is 2.98. The van der Waals surface area contributed by atoms with E-state index >= 15 is 0 Å². The van der Waals surface area contributed by atoms with Crippen molar-refractivity contribution in [2.24, 2.45) is 0 Å². The molecule has 0 bridgehead atoms. The molecule has 3 aromatic rings. The van der Waals surface area contributed by atoms with Crippen molar-refractivity contribution in [3.8, 4) is 22.4 Å². The largest absolute Gasteiger partial charge is 0.361 e. The lowest BCUT2D eigenvalue weighted by Gasteiger charge is -2.15. The van der Waals surface area contributed by atoms with Crippen LogP contribution in [0.25, 0.3) is 22.4 Å². The first kappa shape index (κ1) is 14.6. The molecule has 1 nitrogen and oxygen atoms in total. The molecule has 0 atom stereocenters. The van der Waals surface area contributed by atoms with Crippen molar-refractivity contribution < 1.29 is 0 Å². The Bertz CT molecular complexity index is 773. The van der Waals surface area contributed by atoms with Crippen LogP contribution in [0.15, 0.2) is 60.8 Å². The normalized spacial score (nSPS) is 11.6. The zero-order valence-electron chi connectivity index (χ0n) is 13.8. The van der Waals surface area contributed by atoms with Gasteiger partial charge in [0.1, 0.15) is 0 Å². The molecule has 1 heterocycles. The van der Waals surface area contributed by atoms with Crippen LogP contribution in [-0.4, -0.2) is 4.98 Å². The van der Waals surface area contributed by atoms with Gasteiger partial charge >= 0.3 is 0 Å². The molecule has 1 aromatic heterocycles. The molecule has 0 saturated heterocycles. The molecular formula is C21H23N. The molecule has 0 amide bonds. The molecular weight excluding hydrogens is 266 g/mol. The predicted molar refractivity (Wildman–Crippen MR) is 95.1 cm³/mol. The second-order valence-electron chi connectivity index (χ2n) is 6.95. The van der Waals surface area contributed by atoms with E-state index in [2.05, 4.69) is 93.5 Å².